The topological polar surface area (TPSA) is 72.9 Å². The number of carbonyl (C=O) groups excluding carboxylic acids is 1. The molecular formula is C20H31NO5S. The molecule has 1 aliphatic rings. The lowest BCUT2D eigenvalue weighted by molar-refractivity contribution is -0.141. The van der Waals surface area contributed by atoms with Crippen molar-refractivity contribution in [3.05, 3.63) is 23.8 Å². The summed E-state index contributed by atoms with van der Waals surface area (Å²) in [6.45, 7) is 7.65. The van der Waals surface area contributed by atoms with Crippen molar-refractivity contribution < 1.29 is 22.1 Å². The smallest absolute Gasteiger partial charge is 0.311 e. The molecule has 0 saturated heterocycles. The number of amides is 1. The highest BCUT2D eigenvalue weighted by Crippen LogP contribution is 2.33. The summed E-state index contributed by atoms with van der Waals surface area (Å²) in [5.41, 5.74) is 0.817. The lowest BCUT2D eigenvalue weighted by Gasteiger charge is -2.35. The molecule has 0 radical (unpaired) electrons. The fourth-order valence-corrected chi connectivity index (χ4v) is 3.44. The van der Waals surface area contributed by atoms with E-state index in [4.69, 9.17) is 8.92 Å². The summed E-state index contributed by atoms with van der Waals surface area (Å²) in [6.07, 6.45) is 3.88. The van der Waals surface area contributed by atoms with E-state index in [2.05, 4.69) is 6.92 Å². The molecule has 0 bridgehead atoms. The van der Waals surface area contributed by atoms with Gasteiger partial charge < -0.3 is 13.8 Å². The molecule has 0 N–H and O–H groups in total. The van der Waals surface area contributed by atoms with Crippen LogP contribution >= 0.6 is 0 Å². The van der Waals surface area contributed by atoms with Gasteiger partial charge in [-0.3, -0.25) is 4.79 Å². The number of hydrogen-bond donors (Lipinski definition) is 0. The number of hydrogen-bond acceptors (Lipinski definition) is 5. The van der Waals surface area contributed by atoms with Gasteiger partial charge in [-0.25, -0.2) is 0 Å². The van der Waals surface area contributed by atoms with E-state index in [1.165, 1.54) is 7.11 Å². The molecule has 6 nitrogen and oxygen atoms in total. The minimum Gasteiger partial charge on any atom is -0.493 e. The van der Waals surface area contributed by atoms with Crippen molar-refractivity contribution in [2.75, 3.05) is 7.11 Å². The molecule has 0 aromatic heterocycles. The van der Waals surface area contributed by atoms with Gasteiger partial charge in [-0.1, -0.05) is 19.4 Å². The van der Waals surface area contributed by atoms with Crippen molar-refractivity contribution in [3.63, 3.8) is 0 Å². The maximum atomic E-state index is 12.8. The predicted octanol–water partition coefficient (Wildman–Crippen LogP) is 3.74. The molecule has 1 aliphatic carbocycles. The second kappa shape index (κ2) is 8.95. The van der Waals surface area contributed by atoms with Crippen molar-refractivity contribution in [2.45, 2.75) is 71.2 Å². The number of ether oxygens (including phenoxy) is 1. The highest BCUT2D eigenvalue weighted by atomic mass is 32.2. The monoisotopic (exact) mass is 397 g/mol. The third-order valence-electron chi connectivity index (χ3n) is 5.22. The van der Waals surface area contributed by atoms with Crippen molar-refractivity contribution in [1.82, 2.24) is 4.90 Å². The maximum Gasteiger partial charge on any atom is 0.311 e. The second-order valence-electron chi connectivity index (χ2n) is 7.46. The Morgan fingerprint density at radius 3 is 2.37 bits per heavy atom. The standard InChI is InChI=1S/C20H31NO5S/c1-6-15(4)21(20(22)17-8-7-9-17)13-16-10-11-18(25-5)19(12-16)26-27(23,24)14(2)3/h10-12,14-15,17H,6-9,13H2,1-5H3/t15-/m1/s1. The van der Waals surface area contributed by atoms with E-state index in [0.717, 1.165) is 31.2 Å². The molecule has 1 saturated carbocycles. The first-order valence-electron chi connectivity index (χ1n) is 9.60. The maximum absolute atomic E-state index is 12.8. The van der Waals surface area contributed by atoms with Crippen molar-refractivity contribution in [1.29, 1.82) is 0 Å². The van der Waals surface area contributed by atoms with E-state index in [0.29, 0.717) is 12.3 Å². The quantitative estimate of drug-likeness (QED) is 0.594. The lowest BCUT2D eigenvalue weighted by atomic mass is 9.84. The van der Waals surface area contributed by atoms with Gasteiger partial charge in [0, 0.05) is 18.5 Å². The van der Waals surface area contributed by atoms with Crippen LogP contribution < -0.4 is 8.92 Å². The summed E-state index contributed by atoms with van der Waals surface area (Å²) < 4.78 is 34.8. The Morgan fingerprint density at radius 1 is 1.22 bits per heavy atom. The molecule has 0 aliphatic heterocycles. The Hall–Kier alpha value is -1.76. The summed E-state index contributed by atoms with van der Waals surface area (Å²) in [6, 6.07) is 5.30. The zero-order valence-electron chi connectivity index (χ0n) is 16.9. The number of methoxy groups -OCH3 is 1. The van der Waals surface area contributed by atoms with E-state index in [9.17, 15) is 13.2 Å². The molecule has 152 valence electrons. The largest absolute Gasteiger partial charge is 0.493 e. The lowest BCUT2D eigenvalue weighted by Crippen LogP contribution is -2.43. The molecule has 7 heteroatoms. The molecule has 0 unspecified atom stereocenters. The summed E-state index contributed by atoms with van der Waals surface area (Å²) in [5, 5.41) is -0.664. The van der Waals surface area contributed by atoms with Crippen LogP contribution in [0, 0.1) is 5.92 Å². The van der Waals surface area contributed by atoms with Crippen LogP contribution in [-0.2, 0) is 21.5 Å². The van der Waals surface area contributed by atoms with Gasteiger partial charge in [0.15, 0.2) is 11.5 Å². The Bertz CT molecular complexity index is 756. The molecule has 0 spiro atoms. The van der Waals surface area contributed by atoms with Gasteiger partial charge in [0.05, 0.1) is 12.4 Å². The van der Waals surface area contributed by atoms with E-state index in [-0.39, 0.29) is 23.6 Å². The number of benzene rings is 1. The van der Waals surface area contributed by atoms with E-state index in [1.54, 1.807) is 26.0 Å². The first kappa shape index (κ1) is 21.5. The number of nitrogens with zero attached hydrogens (tertiary/aromatic N) is 1. The van der Waals surface area contributed by atoms with Crippen molar-refractivity contribution >= 4 is 16.0 Å². The fraction of sp³-hybridized carbons (Fsp3) is 0.650. The number of carbonyl (C=O) groups is 1. The molecule has 1 aromatic rings. The zero-order chi connectivity index (χ0) is 20.2. The van der Waals surface area contributed by atoms with Crippen molar-refractivity contribution in [3.8, 4) is 11.5 Å². The minimum atomic E-state index is -3.74. The van der Waals surface area contributed by atoms with Crippen LogP contribution in [0.2, 0.25) is 0 Å². The second-order valence-corrected chi connectivity index (χ2v) is 9.56. The molecule has 0 heterocycles. The van der Waals surface area contributed by atoms with Gasteiger partial charge in [-0.2, -0.15) is 8.42 Å². The molecule has 1 aromatic carbocycles. The highest BCUT2D eigenvalue weighted by Gasteiger charge is 2.31. The van der Waals surface area contributed by atoms with Crippen LogP contribution in [0.1, 0.15) is 58.9 Å². The Balaban J connectivity index is 2.28. The summed E-state index contributed by atoms with van der Waals surface area (Å²) in [7, 11) is -2.27. The van der Waals surface area contributed by atoms with Gasteiger partial charge in [0.1, 0.15) is 0 Å². The van der Waals surface area contributed by atoms with Gasteiger partial charge in [-0.15, -0.1) is 0 Å². The normalized spacial score (nSPS) is 15.9. The fourth-order valence-electron chi connectivity index (χ4n) is 2.86. The Kier molecular flexibility index (Phi) is 7.14. The average Bonchev–Trinajstić information content (AvgIpc) is 2.57. The van der Waals surface area contributed by atoms with Crippen molar-refractivity contribution in [2.24, 2.45) is 5.92 Å². The summed E-state index contributed by atoms with van der Waals surface area (Å²) in [4.78, 5) is 14.7. The van der Waals surface area contributed by atoms with E-state index < -0.39 is 15.4 Å². The van der Waals surface area contributed by atoms with Crippen LogP contribution in [0.25, 0.3) is 0 Å². The van der Waals surface area contributed by atoms with Crippen LogP contribution in [-0.4, -0.2) is 37.6 Å². The Morgan fingerprint density at radius 2 is 1.89 bits per heavy atom. The van der Waals surface area contributed by atoms with Gasteiger partial charge in [0.2, 0.25) is 5.91 Å². The molecule has 27 heavy (non-hydrogen) atoms. The van der Waals surface area contributed by atoms with Gasteiger partial charge in [0.25, 0.3) is 0 Å². The van der Waals surface area contributed by atoms with Crippen LogP contribution in [0.3, 0.4) is 0 Å². The average molecular weight is 398 g/mol. The van der Waals surface area contributed by atoms with Gasteiger partial charge >= 0.3 is 10.1 Å². The molecule has 1 fully saturated rings. The van der Waals surface area contributed by atoms with E-state index in [1.807, 2.05) is 17.9 Å². The summed E-state index contributed by atoms with van der Waals surface area (Å²) in [5.74, 6) is 0.810. The first-order valence-corrected chi connectivity index (χ1v) is 11.1. The zero-order valence-corrected chi connectivity index (χ0v) is 17.7. The van der Waals surface area contributed by atoms with E-state index >= 15 is 0 Å². The third-order valence-corrected chi connectivity index (χ3v) is 6.79. The van der Waals surface area contributed by atoms with Gasteiger partial charge in [-0.05, 0) is 57.7 Å². The Labute approximate surface area is 163 Å². The highest BCUT2D eigenvalue weighted by molar-refractivity contribution is 7.87. The molecular weight excluding hydrogens is 366 g/mol. The molecule has 2 rings (SSSR count). The first-order chi connectivity index (χ1) is 12.7. The van der Waals surface area contributed by atoms with Crippen LogP contribution in [0.15, 0.2) is 18.2 Å². The minimum absolute atomic E-state index is 0.115. The van der Waals surface area contributed by atoms with Crippen LogP contribution in [0.5, 0.6) is 11.5 Å². The predicted molar refractivity (Wildman–Crippen MR) is 105 cm³/mol. The van der Waals surface area contributed by atoms with Crippen LogP contribution in [0.4, 0.5) is 0 Å². The SMILES string of the molecule is CC[C@@H](C)N(Cc1ccc(OC)c(OS(=O)(=O)C(C)C)c1)C(=O)C1CCC1. The summed E-state index contributed by atoms with van der Waals surface area (Å²) >= 11 is 0. The molecule has 1 amide bonds. The molecule has 1 atom stereocenters. The third kappa shape index (κ3) is 5.15. The number of rotatable bonds is 9.